The largest absolute Gasteiger partial charge is 0.392 e. The first-order valence-electron chi connectivity index (χ1n) is 5.84. The third-order valence-corrected chi connectivity index (χ3v) is 3.52. The number of thioether (sulfide) groups is 1. The van der Waals surface area contributed by atoms with Crippen LogP contribution in [-0.2, 0) is 11.4 Å². The van der Waals surface area contributed by atoms with Crippen molar-refractivity contribution >= 4 is 16.9 Å². The van der Waals surface area contributed by atoms with Gasteiger partial charge >= 0.3 is 0 Å². The number of aliphatic hydroxyl groups excluding tert-OH is 3. The third kappa shape index (κ3) is 4.91. The fourth-order valence-electron chi connectivity index (χ4n) is 1.58. The summed E-state index contributed by atoms with van der Waals surface area (Å²) < 4.78 is 13.4. The van der Waals surface area contributed by atoms with Crippen LogP contribution in [0.3, 0.4) is 0 Å². The Morgan fingerprint density at radius 2 is 2.11 bits per heavy atom. The first-order chi connectivity index (χ1) is 8.95. The maximum Gasteiger partial charge on any atom is 0.185 e. The van der Waals surface area contributed by atoms with Crippen LogP contribution in [0.25, 0.3) is 0 Å². The maximum atomic E-state index is 13.4. The number of hydrogen-bond acceptors (Lipinski definition) is 5. The summed E-state index contributed by atoms with van der Waals surface area (Å²) in [4.78, 5) is 10.7. The second kappa shape index (κ2) is 7.59. The molecule has 106 valence electrons. The number of rotatable bonds is 6. The summed E-state index contributed by atoms with van der Waals surface area (Å²) in [5.74, 6) is -0.227. The summed E-state index contributed by atoms with van der Waals surface area (Å²) >= 11 is 1.06. The van der Waals surface area contributed by atoms with Crippen molar-refractivity contribution in [2.24, 2.45) is 0 Å². The summed E-state index contributed by atoms with van der Waals surface area (Å²) in [6.45, 7) is 1.01. The van der Waals surface area contributed by atoms with Crippen molar-refractivity contribution < 1.29 is 24.5 Å². The van der Waals surface area contributed by atoms with Gasteiger partial charge in [0, 0.05) is 18.2 Å². The van der Waals surface area contributed by atoms with Crippen molar-refractivity contribution in [3.05, 3.63) is 35.1 Å². The number of benzene rings is 1. The van der Waals surface area contributed by atoms with Crippen LogP contribution in [0.2, 0.25) is 0 Å². The van der Waals surface area contributed by atoms with E-state index in [1.165, 1.54) is 19.1 Å². The van der Waals surface area contributed by atoms with E-state index in [4.69, 9.17) is 5.11 Å². The lowest BCUT2D eigenvalue weighted by Crippen LogP contribution is -2.19. The minimum atomic E-state index is -1.21. The van der Waals surface area contributed by atoms with Crippen molar-refractivity contribution in [3.63, 3.8) is 0 Å². The molecule has 0 saturated heterocycles. The van der Waals surface area contributed by atoms with Crippen LogP contribution in [0.4, 0.5) is 4.39 Å². The Morgan fingerprint density at radius 3 is 2.63 bits per heavy atom. The number of carbonyl (C=O) groups is 1. The molecule has 0 heterocycles. The van der Waals surface area contributed by atoms with Gasteiger partial charge in [-0.3, -0.25) is 4.79 Å². The monoisotopic (exact) mass is 288 g/mol. The van der Waals surface area contributed by atoms with Gasteiger partial charge in [-0.15, -0.1) is 0 Å². The molecule has 2 atom stereocenters. The van der Waals surface area contributed by atoms with E-state index in [-0.39, 0.29) is 22.7 Å². The van der Waals surface area contributed by atoms with Gasteiger partial charge in [0.15, 0.2) is 5.12 Å². The zero-order valence-electron chi connectivity index (χ0n) is 10.5. The zero-order valence-corrected chi connectivity index (χ0v) is 11.4. The number of halogens is 1. The van der Waals surface area contributed by atoms with Crippen LogP contribution >= 0.6 is 11.8 Å². The molecule has 0 spiro atoms. The van der Waals surface area contributed by atoms with Gasteiger partial charge in [-0.05, 0) is 18.1 Å². The standard InChI is InChI=1S/C13H17FO4S/c1-8(16)19-5-4-12(17)13(18)9-2-3-10(7-15)11(14)6-9/h2-3,6,12-13,15,17-18H,4-5,7H2,1H3. The fraction of sp³-hybridized carbons (Fsp3) is 0.462. The molecule has 4 nitrogen and oxygen atoms in total. The van der Waals surface area contributed by atoms with E-state index in [9.17, 15) is 19.4 Å². The summed E-state index contributed by atoms with van der Waals surface area (Å²) in [7, 11) is 0. The molecule has 6 heteroatoms. The van der Waals surface area contributed by atoms with Crippen LogP contribution in [0.1, 0.15) is 30.6 Å². The molecule has 1 aromatic rings. The van der Waals surface area contributed by atoms with Gasteiger partial charge in [-0.25, -0.2) is 4.39 Å². The van der Waals surface area contributed by atoms with E-state index in [1.807, 2.05) is 0 Å². The highest BCUT2D eigenvalue weighted by molar-refractivity contribution is 8.13. The Labute approximate surface area is 115 Å². The summed E-state index contributed by atoms with van der Waals surface area (Å²) in [5, 5.41) is 28.4. The molecule has 0 aromatic heterocycles. The normalized spacial score (nSPS) is 14.2. The Kier molecular flexibility index (Phi) is 6.44. The van der Waals surface area contributed by atoms with Crippen LogP contribution < -0.4 is 0 Å². The molecular formula is C13H17FO4S. The first kappa shape index (κ1) is 16.1. The Hall–Kier alpha value is -0.950. The zero-order chi connectivity index (χ0) is 14.4. The van der Waals surface area contributed by atoms with E-state index in [1.54, 1.807) is 0 Å². The molecule has 0 aliphatic carbocycles. The van der Waals surface area contributed by atoms with Gasteiger partial charge in [-0.1, -0.05) is 23.9 Å². The Balaban J connectivity index is 2.63. The molecule has 0 saturated carbocycles. The van der Waals surface area contributed by atoms with Crippen LogP contribution in [0, 0.1) is 5.82 Å². The quantitative estimate of drug-likeness (QED) is 0.737. The minimum Gasteiger partial charge on any atom is -0.392 e. The van der Waals surface area contributed by atoms with Crippen LogP contribution in [-0.4, -0.2) is 32.3 Å². The molecule has 1 aromatic carbocycles. The predicted octanol–water partition coefficient (Wildman–Crippen LogP) is 1.38. The van der Waals surface area contributed by atoms with Gasteiger partial charge in [0.2, 0.25) is 0 Å². The molecule has 0 aliphatic rings. The Morgan fingerprint density at radius 1 is 1.42 bits per heavy atom. The van der Waals surface area contributed by atoms with Gasteiger partial charge in [0.25, 0.3) is 0 Å². The molecular weight excluding hydrogens is 271 g/mol. The molecule has 0 aliphatic heterocycles. The van der Waals surface area contributed by atoms with E-state index in [0.29, 0.717) is 5.75 Å². The lowest BCUT2D eigenvalue weighted by molar-refractivity contribution is -0.109. The lowest BCUT2D eigenvalue weighted by Gasteiger charge is -2.18. The average Bonchev–Trinajstić information content (AvgIpc) is 2.37. The first-order valence-corrected chi connectivity index (χ1v) is 6.83. The average molecular weight is 288 g/mol. The van der Waals surface area contributed by atoms with Crippen molar-refractivity contribution in [1.82, 2.24) is 0 Å². The smallest absolute Gasteiger partial charge is 0.185 e. The highest BCUT2D eigenvalue weighted by Gasteiger charge is 2.19. The highest BCUT2D eigenvalue weighted by atomic mass is 32.2. The molecule has 3 N–H and O–H groups in total. The van der Waals surface area contributed by atoms with E-state index in [0.717, 1.165) is 17.8 Å². The van der Waals surface area contributed by atoms with E-state index >= 15 is 0 Å². The molecule has 0 radical (unpaired) electrons. The Bertz CT molecular complexity index is 439. The SMILES string of the molecule is CC(=O)SCCC(O)C(O)c1ccc(CO)c(F)c1. The van der Waals surface area contributed by atoms with Gasteiger partial charge in [0.05, 0.1) is 12.7 Å². The molecule has 1 rings (SSSR count). The van der Waals surface area contributed by atoms with Crippen LogP contribution in [0.15, 0.2) is 18.2 Å². The van der Waals surface area contributed by atoms with Gasteiger partial charge in [-0.2, -0.15) is 0 Å². The van der Waals surface area contributed by atoms with Crippen molar-refractivity contribution in [2.45, 2.75) is 32.2 Å². The van der Waals surface area contributed by atoms with Crippen molar-refractivity contribution in [3.8, 4) is 0 Å². The molecule has 0 bridgehead atoms. The highest BCUT2D eigenvalue weighted by Crippen LogP contribution is 2.22. The van der Waals surface area contributed by atoms with E-state index < -0.39 is 24.6 Å². The fourth-order valence-corrected chi connectivity index (χ4v) is 2.23. The predicted molar refractivity (Wildman–Crippen MR) is 71.0 cm³/mol. The second-order valence-electron chi connectivity index (χ2n) is 4.15. The summed E-state index contributed by atoms with van der Waals surface area (Å²) in [5.41, 5.74) is 0.382. The number of carbonyl (C=O) groups excluding carboxylic acids is 1. The third-order valence-electron chi connectivity index (χ3n) is 2.67. The van der Waals surface area contributed by atoms with Crippen LogP contribution in [0.5, 0.6) is 0 Å². The van der Waals surface area contributed by atoms with E-state index in [2.05, 4.69) is 0 Å². The van der Waals surface area contributed by atoms with Gasteiger partial charge in [0.1, 0.15) is 11.9 Å². The minimum absolute atomic E-state index is 0.0555. The summed E-state index contributed by atoms with van der Waals surface area (Å²) in [6.07, 6.45) is -2.05. The topological polar surface area (TPSA) is 77.8 Å². The lowest BCUT2D eigenvalue weighted by atomic mass is 10.0. The van der Waals surface area contributed by atoms with Gasteiger partial charge < -0.3 is 15.3 Å². The molecule has 0 amide bonds. The molecule has 19 heavy (non-hydrogen) atoms. The van der Waals surface area contributed by atoms with Crippen molar-refractivity contribution in [1.29, 1.82) is 0 Å². The number of aliphatic hydroxyl groups is 3. The maximum absolute atomic E-state index is 13.4. The second-order valence-corrected chi connectivity index (χ2v) is 5.42. The van der Waals surface area contributed by atoms with Crippen molar-refractivity contribution in [2.75, 3.05) is 5.75 Å². The molecule has 2 unspecified atom stereocenters. The summed E-state index contributed by atoms with van der Waals surface area (Å²) in [6, 6.07) is 3.92. The number of hydrogen-bond donors (Lipinski definition) is 3. The molecule has 0 fully saturated rings.